The molecular formula is C12H22N2O2. The Hall–Kier alpha value is -0.870. The third-order valence-electron chi connectivity index (χ3n) is 3.15. The van der Waals surface area contributed by atoms with Gasteiger partial charge in [0, 0.05) is 26.2 Å². The molecule has 1 amide bonds. The third-order valence-corrected chi connectivity index (χ3v) is 3.15. The highest BCUT2D eigenvalue weighted by Gasteiger charge is 2.29. The van der Waals surface area contributed by atoms with E-state index in [0.29, 0.717) is 12.6 Å². The highest BCUT2D eigenvalue weighted by atomic mass is 16.5. The molecule has 1 saturated carbocycles. The third kappa shape index (κ3) is 3.06. The van der Waals surface area contributed by atoms with Crippen molar-refractivity contribution in [2.45, 2.75) is 37.8 Å². The van der Waals surface area contributed by atoms with Crippen molar-refractivity contribution in [3.63, 3.8) is 0 Å². The smallest absolute Gasteiger partial charge is 0.253 e. The van der Waals surface area contributed by atoms with Gasteiger partial charge in [0.05, 0.1) is 0 Å². The molecule has 0 saturated heterocycles. The molecule has 0 aromatic rings. The molecule has 1 aliphatic rings. The summed E-state index contributed by atoms with van der Waals surface area (Å²) < 4.78 is 5.10. The fourth-order valence-electron chi connectivity index (χ4n) is 2.26. The van der Waals surface area contributed by atoms with Crippen LogP contribution >= 0.6 is 0 Å². The van der Waals surface area contributed by atoms with Gasteiger partial charge in [-0.2, -0.15) is 0 Å². The van der Waals surface area contributed by atoms with Crippen LogP contribution in [0.4, 0.5) is 0 Å². The van der Waals surface area contributed by atoms with Gasteiger partial charge in [0.25, 0.3) is 5.91 Å². The average molecular weight is 226 g/mol. The molecule has 2 N–H and O–H groups in total. The van der Waals surface area contributed by atoms with E-state index in [2.05, 4.69) is 6.58 Å². The molecule has 1 aliphatic carbocycles. The second-order valence-corrected chi connectivity index (χ2v) is 4.18. The van der Waals surface area contributed by atoms with Crippen LogP contribution in [0.15, 0.2) is 12.7 Å². The van der Waals surface area contributed by atoms with E-state index >= 15 is 0 Å². The molecule has 0 spiro atoms. The maximum absolute atomic E-state index is 12.2. The zero-order chi connectivity index (χ0) is 12.0. The van der Waals surface area contributed by atoms with Gasteiger partial charge in [-0.05, 0) is 12.8 Å². The lowest BCUT2D eigenvalue weighted by atomic mass is 10.1. The fraction of sp³-hybridized carbons (Fsp3) is 0.750. The van der Waals surface area contributed by atoms with Crippen LogP contribution in [0.5, 0.6) is 0 Å². The lowest BCUT2D eigenvalue weighted by Gasteiger charge is -2.30. The van der Waals surface area contributed by atoms with Crippen LogP contribution in [-0.2, 0) is 9.53 Å². The summed E-state index contributed by atoms with van der Waals surface area (Å²) in [5, 5.41) is 0. The lowest BCUT2D eigenvalue weighted by Crippen LogP contribution is -2.47. The topological polar surface area (TPSA) is 55.6 Å². The highest BCUT2D eigenvalue weighted by Crippen LogP contribution is 2.24. The summed E-state index contributed by atoms with van der Waals surface area (Å²) in [6.45, 7) is 4.52. The predicted octanol–water partition coefficient (Wildman–Crippen LogP) is 0.917. The minimum absolute atomic E-state index is 0.00296. The standard InChI is InChI=1S/C12H22N2O2/c1-3-8-14(10-6-4-5-7-10)12(15)11(9-13)16-2/h3,10-11H,1,4-9,13H2,2H3. The number of hydrogen-bond acceptors (Lipinski definition) is 3. The minimum atomic E-state index is -0.513. The summed E-state index contributed by atoms with van der Waals surface area (Å²) in [4.78, 5) is 14.0. The Labute approximate surface area is 97.4 Å². The molecule has 0 aromatic heterocycles. The summed E-state index contributed by atoms with van der Waals surface area (Å²) in [5.41, 5.74) is 5.52. The van der Waals surface area contributed by atoms with Crippen molar-refractivity contribution in [2.75, 3.05) is 20.2 Å². The molecule has 4 heteroatoms. The first kappa shape index (κ1) is 13.2. The van der Waals surface area contributed by atoms with E-state index in [1.165, 1.54) is 20.0 Å². The van der Waals surface area contributed by atoms with Gasteiger partial charge in [-0.1, -0.05) is 18.9 Å². The number of nitrogens with zero attached hydrogens (tertiary/aromatic N) is 1. The zero-order valence-electron chi connectivity index (χ0n) is 10.0. The van der Waals surface area contributed by atoms with Crippen LogP contribution in [-0.4, -0.2) is 43.2 Å². The maximum Gasteiger partial charge on any atom is 0.253 e. The first-order valence-corrected chi connectivity index (χ1v) is 5.88. The van der Waals surface area contributed by atoms with Crippen molar-refractivity contribution in [1.29, 1.82) is 0 Å². The van der Waals surface area contributed by atoms with Crippen molar-refractivity contribution < 1.29 is 9.53 Å². The molecular weight excluding hydrogens is 204 g/mol. The molecule has 1 rings (SSSR count). The van der Waals surface area contributed by atoms with Crippen molar-refractivity contribution >= 4 is 5.91 Å². The van der Waals surface area contributed by atoms with E-state index in [1.54, 1.807) is 6.08 Å². The normalized spacial score (nSPS) is 18.4. The average Bonchev–Trinajstić information content (AvgIpc) is 2.80. The molecule has 0 heterocycles. The first-order chi connectivity index (χ1) is 7.74. The van der Waals surface area contributed by atoms with Gasteiger partial charge in [-0.3, -0.25) is 4.79 Å². The summed E-state index contributed by atoms with van der Waals surface area (Å²) in [6, 6.07) is 0.342. The Morgan fingerprint density at radius 1 is 1.62 bits per heavy atom. The number of rotatable bonds is 6. The molecule has 16 heavy (non-hydrogen) atoms. The maximum atomic E-state index is 12.2. The highest BCUT2D eigenvalue weighted by molar-refractivity contribution is 5.81. The van der Waals surface area contributed by atoms with Gasteiger partial charge in [0.2, 0.25) is 0 Å². The van der Waals surface area contributed by atoms with Crippen LogP contribution in [0.25, 0.3) is 0 Å². The molecule has 1 atom stereocenters. The Morgan fingerprint density at radius 2 is 2.25 bits per heavy atom. The quantitative estimate of drug-likeness (QED) is 0.685. The van der Waals surface area contributed by atoms with Gasteiger partial charge in [0.1, 0.15) is 6.10 Å². The Morgan fingerprint density at radius 3 is 2.69 bits per heavy atom. The monoisotopic (exact) mass is 226 g/mol. The molecule has 0 bridgehead atoms. The van der Waals surface area contributed by atoms with Crippen molar-refractivity contribution in [2.24, 2.45) is 5.73 Å². The Balaban J connectivity index is 2.67. The molecule has 0 aromatic carbocycles. The summed E-state index contributed by atoms with van der Waals surface area (Å²) >= 11 is 0. The number of carbonyl (C=O) groups is 1. The van der Waals surface area contributed by atoms with Gasteiger partial charge in [0.15, 0.2) is 0 Å². The summed E-state index contributed by atoms with van der Waals surface area (Å²) in [5.74, 6) is -0.00296. The number of amides is 1. The van der Waals surface area contributed by atoms with Crippen LogP contribution in [0.2, 0.25) is 0 Å². The molecule has 0 radical (unpaired) electrons. The van der Waals surface area contributed by atoms with Gasteiger partial charge < -0.3 is 15.4 Å². The Bertz CT molecular complexity index is 233. The molecule has 92 valence electrons. The van der Waals surface area contributed by atoms with E-state index in [-0.39, 0.29) is 12.5 Å². The first-order valence-electron chi connectivity index (χ1n) is 5.88. The number of ether oxygens (including phenoxy) is 1. The van der Waals surface area contributed by atoms with E-state index in [1.807, 2.05) is 4.90 Å². The molecule has 1 unspecified atom stereocenters. The van der Waals surface area contributed by atoms with E-state index in [9.17, 15) is 4.79 Å². The lowest BCUT2D eigenvalue weighted by molar-refractivity contribution is -0.143. The Kier molecular flexibility index (Phi) is 5.49. The summed E-state index contributed by atoms with van der Waals surface area (Å²) in [7, 11) is 1.52. The van der Waals surface area contributed by atoms with E-state index in [4.69, 9.17) is 10.5 Å². The number of methoxy groups -OCH3 is 1. The minimum Gasteiger partial charge on any atom is -0.370 e. The van der Waals surface area contributed by atoms with Crippen LogP contribution in [0, 0.1) is 0 Å². The molecule has 4 nitrogen and oxygen atoms in total. The van der Waals surface area contributed by atoms with Crippen molar-refractivity contribution in [3.05, 3.63) is 12.7 Å². The summed E-state index contributed by atoms with van der Waals surface area (Å²) in [6.07, 6.45) is 5.82. The molecule has 0 aliphatic heterocycles. The van der Waals surface area contributed by atoms with Gasteiger partial charge in [-0.15, -0.1) is 6.58 Å². The van der Waals surface area contributed by atoms with E-state index < -0.39 is 6.10 Å². The second kappa shape index (κ2) is 6.66. The van der Waals surface area contributed by atoms with Crippen LogP contribution in [0.3, 0.4) is 0 Å². The van der Waals surface area contributed by atoms with Crippen molar-refractivity contribution in [3.8, 4) is 0 Å². The van der Waals surface area contributed by atoms with Gasteiger partial charge in [-0.25, -0.2) is 0 Å². The van der Waals surface area contributed by atoms with Gasteiger partial charge >= 0.3 is 0 Å². The van der Waals surface area contributed by atoms with E-state index in [0.717, 1.165) is 12.8 Å². The largest absolute Gasteiger partial charge is 0.370 e. The van der Waals surface area contributed by atoms with Crippen molar-refractivity contribution in [1.82, 2.24) is 4.90 Å². The number of carbonyl (C=O) groups excluding carboxylic acids is 1. The van der Waals surface area contributed by atoms with Crippen LogP contribution < -0.4 is 5.73 Å². The molecule has 1 fully saturated rings. The zero-order valence-corrected chi connectivity index (χ0v) is 10.0. The van der Waals surface area contributed by atoms with Crippen LogP contribution in [0.1, 0.15) is 25.7 Å². The predicted molar refractivity (Wildman–Crippen MR) is 64.0 cm³/mol. The number of nitrogens with two attached hydrogens (primary N) is 1. The second-order valence-electron chi connectivity index (χ2n) is 4.18. The SMILES string of the molecule is C=CCN(C(=O)C(CN)OC)C1CCCC1. The number of hydrogen-bond donors (Lipinski definition) is 1. The fourth-order valence-corrected chi connectivity index (χ4v) is 2.26.